The lowest BCUT2D eigenvalue weighted by Crippen LogP contribution is -2.15. The molecule has 1 aromatic rings. The molecule has 0 aromatic heterocycles. The highest BCUT2D eigenvalue weighted by molar-refractivity contribution is 5.45. The minimum Gasteiger partial charge on any atom is -0.496 e. The minimum atomic E-state index is -0.597. The van der Waals surface area contributed by atoms with Gasteiger partial charge in [-0.1, -0.05) is 0 Å². The second kappa shape index (κ2) is 4.72. The number of ether oxygens (including phenoxy) is 1. The number of nitrogens with two attached hydrogens (primary N) is 1. The molecule has 0 saturated carbocycles. The lowest BCUT2D eigenvalue weighted by molar-refractivity contribution is -0.384. The highest BCUT2D eigenvalue weighted by atomic mass is 16.6. The number of non-ortho nitro benzene ring substituents is 1. The standard InChI is InChI=1S/C9H12N2O4/c1-15-9-4-6(11(13)14)2-3-7(9)8(10)5-12/h2-4,8,12H,5,10H2,1H3/t8-/m1/s1. The molecule has 3 N–H and O–H groups in total. The summed E-state index contributed by atoms with van der Waals surface area (Å²) in [6, 6.07) is 3.50. The van der Waals surface area contributed by atoms with Gasteiger partial charge in [-0.3, -0.25) is 10.1 Å². The van der Waals surface area contributed by atoms with Crippen molar-refractivity contribution >= 4 is 5.69 Å². The monoisotopic (exact) mass is 212 g/mol. The van der Waals surface area contributed by atoms with E-state index in [-0.39, 0.29) is 12.3 Å². The van der Waals surface area contributed by atoms with Gasteiger partial charge in [0.2, 0.25) is 0 Å². The van der Waals surface area contributed by atoms with Crippen LogP contribution in [0, 0.1) is 10.1 Å². The number of methoxy groups -OCH3 is 1. The summed E-state index contributed by atoms with van der Waals surface area (Å²) in [4.78, 5) is 9.97. The summed E-state index contributed by atoms with van der Waals surface area (Å²) in [6.07, 6.45) is 0. The largest absolute Gasteiger partial charge is 0.496 e. The molecule has 0 aliphatic rings. The molecule has 0 aliphatic carbocycles. The SMILES string of the molecule is COc1cc([N+](=O)[O-])ccc1[C@H](N)CO. The zero-order valence-corrected chi connectivity index (χ0v) is 8.21. The number of nitro groups is 1. The predicted molar refractivity (Wildman–Crippen MR) is 53.7 cm³/mol. The van der Waals surface area contributed by atoms with Crippen LogP contribution in [0.15, 0.2) is 18.2 Å². The number of benzene rings is 1. The maximum absolute atomic E-state index is 10.5. The molecule has 0 heterocycles. The molecule has 0 bridgehead atoms. The number of aliphatic hydroxyl groups is 1. The molecule has 6 nitrogen and oxygen atoms in total. The van der Waals surface area contributed by atoms with E-state index in [4.69, 9.17) is 15.6 Å². The van der Waals surface area contributed by atoms with Gasteiger partial charge < -0.3 is 15.6 Å². The van der Waals surface area contributed by atoms with E-state index in [1.807, 2.05) is 0 Å². The van der Waals surface area contributed by atoms with Crippen molar-refractivity contribution in [1.29, 1.82) is 0 Å². The Labute approximate surface area is 86.4 Å². The van der Waals surface area contributed by atoms with Crippen LogP contribution in [0.25, 0.3) is 0 Å². The van der Waals surface area contributed by atoms with Gasteiger partial charge in [0.1, 0.15) is 5.75 Å². The smallest absolute Gasteiger partial charge is 0.273 e. The van der Waals surface area contributed by atoms with E-state index in [2.05, 4.69) is 0 Å². The Morgan fingerprint density at radius 1 is 1.67 bits per heavy atom. The molecule has 0 saturated heterocycles. The van der Waals surface area contributed by atoms with Crippen molar-refractivity contribution in [2.24, 2.45) is 5.73 Å². The molecule has 0 aliphatic heterocycles. The number of hydrogen-bond acceptors (Lipinski definition) is 5. The van der Waals surface area contributed by atoms with Crippen LogP contribution in [0.1, 0.15) is 11.6 Å². The molecule has 6 heteroatoms. The topological polar surface area (TPSA) is 98.6 Å². The zero-order valence-electron chi connectivity index (χ0n) is 8.21. The van der Waals surface area contributed by atoms with E-state index in [1.54, 1.807) is 0 Å². The van der Waals surface area contributed by atoms with Crippen LogP contribution in [-0.4, -0.2) is 23.7 Å². The van der Waals surface area contributed by atoms with Gasteiger partial charge in [0, 0.05) is 11.6 Å². The number of nitrogens with zero attached hydrogens (tertiary/aromatic N) is 1. The quantitative estimate of drug-likeness (QED) is 0.562. The third-order valence-corrected chi connectivity index (χ3v) is 2.02. The first kappa shape index (κ1) is 11.4. The maximum atomic E-state index is 10.5. The zero-order chi connectivity index (χ0) is 11.4. The molecule has 0 fully saturated rings. The fraction of sp³-hybridized carbons (Fsp3) is 0.333. The normalized spacial score (nSPS) is 12.2. The fourth-order valence-electron chi connectivity index (χ4n) is 1.22. The van der Waals surface area contributed by atoms with Gasteiger partial charge in [-0.15, -0.1) is 0 Å². The summed E-state index contributed by atoms with van der Waals surface area (Å²) < 4.78 is 4.96. The first-order valence-corrected chi connectivity index (χ1v) is 4.29. The van der Waals surface area contributed by atoms with E-state index < -0.39 is 11.0 Å². The second-order valence-corrected chi connectivity index (χ2v) is 2.97. The predicted octanol–water partition coefficient (Wildman–Crippen LogP) is 0.595. The third kappa shape index (κ3) is 2.42. The van der Waals surface area contributed by atoms with E-state index >= 15 is 0 Å². The third-order valence-electron chi connectivity index (χ3n) is 2.02. The summed E-state index contributed by atoms with van der Waals surface area (Å²) >= 11 is 0. The Balaban J connectivity index is 3.14. The van der Waals surface area contributed by atoms with E-state index in [0.717, 1.165) is 0 Å². The number of aliphatic hydroxyl groups excluding tert-OH is 1. The van der Waals surface area contributed by atoms with E-state index in [1.165, 1.54) is 25.3 Å². The summed E-state index contributed by atoms with van der Waals surface area (Å²) in [5.74, 6) is 0.311. The highest BCUT2D eigenvalue weighted by Crippen LogP contribution is 2.28. The van der Waals surface area contributed by atoms with Crippen LogP contribution in [-0.2, 0) is 0 Å². The summed E-state index contributed by atoms with van der Waals surface area (Å²) in [5, 5.41) is 19.4. The number of hydrogen-bond donors (Lipinski definition) is 2. The lowest BCUT2D eigenvalue weighted by Gasteiger charge is -2.12. The van der Waals surface area contributed by atoms with Crippen molar-refractivity contribution in [2.45, 2.75) is 6.04 Å². The first-order valence-electron chi connectivity index (χ1n) is 4.29. The Hall–Kier alpha value is -1.66. The Morgan fingerprint density at radius 3 is 2.80 bits per heavy atom. The average Bonchev–Trinajstić information content (AvgIpc) is 2.27. The Morgan fingerprint density at radius 2 is 2.33 bits per heavy atom. The Kier molecular flexibility index (Phi) is 3.59. The molecular formula is C9H12N2O4. The molecule has 1 rings (SSSR count). The van der Waals surface area contributed by atoms with Crippen LogP contribution in [0.3, 0.4) is 0 Å². The maximum Gasteiger partial charge on any atom is 0.273 e. The van der Waals surface area contributed by atoms with Crippen LogP contribution in [0.2, 0.25) is 0 Å². The van der Waals surface area contributed by atoms with Gasteiger partial charge in [0.25, 0.3) is 5.69 Å². The van der Waals surface area contributed by atoms with Gasteiger partial charge in [0.15, 0.2) is 0 Å². The molecule has 1 aromatic carbocycles. The first-order chi connectivity index (χ1) is 7.10. The lowest BCUT2D eigenvalue weighted by atomic mass is 10.1. The van der Waals surface area contributed by atoms with Crippen molar-refractivity contribution in [3.05, 3.63) is 33.9 Å². The fourth-order valence-corrected chi connectivity index (χ4v) is 1.22. The van der Waals surface area contributed by atoms with Crippen molar-refractivity contribution in [1.82, 2.24) is 0 Å². The summed E-state index contributed by atoms with van der Waals surface area (Å²) in [7, 11) is 1.40. The van der Waals surface area contributed by atoms with Gasteiger partial charge in [-0.05, 0) is 6.07 Å². The van der Waals surface area contributed by atoms with Crippen molar-refractivity contribution in [3.8, 4) is 5.75 Å². The van der Waals surface area contributed by atoms with E-state index in [9.17, 15) is 10.1 Å². The summed E-state index contributed by atoms with van der Waals surface area (Å²) in [6.45, 7) is -0.242. The van der Waals surface area contributed by atoms with Crippen molar-refractivity contribution < 1.29 is 14.8 Å². The minimum absolute atomic E-state index is 0.0688. The molecule has 0 spiro atoms. The number of nitro benzene ring substituents is 1. The molecule has 15 heavy (non-hydrogen) atoms. The Bertz CT molecular complexity index is 367. The van der Waals surface area contributed by atoms with Crippen LogP contribution in [0.5, 0.6) is 5.75 Å². The highest BCUT2D eigenvalue weighted by Gasteiger charge is 2.15. The van der Waals surface area contributed by atoms with Gasteiger partial charge in [0.05, 0.1) is 30.7 Å². The van der Waals surface area contributed by atoms with Crippen molar-refractivity contribution in [3.63, 3.8) is 0 Å². The van der Waals surface area contributed by atoms with Gasteiger partial charge >= 0.3 is 0 Å². The number of rotatable bonds is 4. The molecule has 0 unspecified atom stereocenters. The van der Waals surface area contributed by atoms with Crippen LogP contribution < -0.4 is 10.5 Å². The summed E-state index contributed by atoms with van der Waals surface area (Å²) in [5.41, 5.74) is 6.08. The van der Waals surface area contributed by atoms with Crippen molar-refractivity contribution in [2.75, 3.05) is 13.7 Å². The molecule has 82 valence electrons. The molecule has 0 amide bonds. The van der Waals surface area contributed by atoms with Gasteiger partial charge in [-0.2, -0.15) is 0 Å². The van der Waals surface area contributed by atoms with Crippen LogP contribution >= 0.6 is 0 Å². The average molecular weight is 212 g/mol. The van der Waals surface area contributed by atoms with E-state index in [0.29, 0.717) is 11.3 Å². The van der Waals surface area contributed by atoms with Crippen LogP contribution in [0.4, 0.5) is 5.69 Å². The second-order valence-electron chi connectivity index (χ2n) is 2.97. The molecule has 1 atom stereocenters. The molecular weight excluding hydrogens is 200 g/mol. The van der Waals surface area contributed by atoms with Gasteiger partial charge in [-0.25, -0.2) is 0 Å². The molecule has 0 radical (unpaired) electrons.